The van der Waals surface area contributed by atoms with E-state index in [2.05, 4.69) is 38.8 Å². The van der Waals surface area contributed by atoms with Gasteiger partial charge in [-0.25, -0.2) is 0 Å². The molecule has 1 aliphatic rings. The molecule has 1 saturated heterocycles. The van der Waals surface area contributed by atoms with Gasteiger partial charge < -0.3 is 19.1 Å². The van der Waals surface area contributed by atoms with Gasteiger partial charge in [0.25, 0.3) is 0 Å². The van der Waals surface area contributed by atoms with Gasteiger partial charge in [0, 0.05) is 34.9 Å². The third-order valence-corrected chi connectivity index (χ3v) is 7.62. The summed E-state index contributed by atoms with van der Waals surface area (Å²) in [6.45, 7) is 5.68. The number of aromatic amines is 1. The van der Waals surface area contributed by atoms with E-state index in [0.29, 0.717) is 22.8 Å². The molecule has 0 atom stereocenters. The van der Waals surface area contributed by atoms with Crippen molar-refractivity contribution < 1.29 is 16.5 Å². The Kier molecular flexibility index (Phi) is 5.97. The normalized spacial score (nSPS) is 14.2. The second kappa shape index (κ2) is 9.26. The van der Waals surface area contributed by atoms with Crippen LogP contribution >= 0.6 is 0 Å². The fourth-order valence-corrected chi connectivity index (χ4v) is 5.83. The Balaban J connectivity index is 1.69. The molecule has 0 amide bonds. The number of halogens is 1. The summed E-state index contributed by atoms with van der Waals surface area (Å²) < 4.78 is 42.2. The first-order valence-electron chi connectivity index (χ1n) is 12.7. The molecule has 5 aromatic rings. The molecule has 0 spiro atoms. The summed E-state index contributed by atoms with van der Waals surface area (Å²) in [6.07, 6.45) is 6.31. The van der Waals surface area contributed by atoms with E-state index in [9.17, 15) is 17.1 Å². The summed E-state index contributed by atoms with van der Waals surface area (Å²) >= 11 is 0. The van der Waals surface area contributed by atoms with Gasteiger partial charge >= 0.3 is 10.5 Å². The second-order valence-corrected chi connectivity index (χ2v) is 11.3. The maximum absolute atomic E-state index is 14.1. The number of pyridine rings is 1. The van der Waals surface area contributed by atoms with Gasteiger partial charge in [-0.3, -0.25) is 4.79 Å². The standard InChI is InChI=1S/C30H26FN3O4S/c1-4-18-8-9-23-26(11-18)33-30-28(23)29(35)25-13-20(10-17(2)3)24(14-27(25)34(30)21-15-32-16-21)19-6-5-7-22(12-19)38-39(31,36)37/h1,5-9,11-14,17,21,32-33H,10,15-16H2,2-3H3. The van der Waals surface area contributed by atoms with E-state index in [1.54, 1.807) is 6.07 Å². The number of rotatable bonds is 6. The highest BCUT2D eigenvalue weighted by molar-refractivity contribution is 7.81. The van der Waals surface area contributed by atoms with Gasteiger partial charge in [0.05, 0.1) is 16.9 Å². The van der Waals surface area contributed by atoms with Crippen molar-refractivity contribution in [2.75, 3.05) is 13.1 Å². The summed E-state index contributed by atoms with van der Waals surface area (Å²) in [5, 5.41) is 5.37. The molecular weight excluding hydrogens is 517 g/mol. The number of aromatic nitrogens is 2. The zero-order chi connectivity index (χ0) is 27.5. The second-order valence-electron chi connectivity index (χ2n) is 10.4. The summed E-state index contributed by atoms with van der Waals surface area (Å²) in [5.74, 6) is 2.81. The number of benzene rings is 3. The first-order valence-corrected chi connectivity index (χ1v) is 14.0. The molecule has 198 valence electrons. The van der Waals surface area contributed by atoms with Crippen molar-refractivity contribution in [1.29, 1.82) is 0 Å². The van der Waals surface area contributed by atoms with Gasteiger partial charge in [0.2, 0.25) is 0 Å². The quantitative estimate of drug-likeness (QED) is 0.226. The van der Waals surface area contributed by atoms with Gasteiger partial charge in [-0.05, 0) is 65.4 Å². The zero-order valence-corrected chi connectivity index (χ0v) is 22.2. The third-order valence-electron chi connectivity index (χ3n) is 7.23. The zero-order valence-electron chi connectivity index (χ0n) is 21.4. The van der Waals surface area contributed by atoms with E-state index < -0.39 is 10.5 Å². The molecule has 2 N–H and O–H groups in total. The Labute approximate surface area is 225 Å². The number of hydrogen-bond acceptors (Lipinski definition) is 5. The summed E-state index contributed by atoms with van der Waals surface area (Å²) in [4.78, 5) is 17.5. The maximum Gasteiger partial charge on any atom is 0.488 e. The van der Waals surface area contributed by atoms with Crippen molar-refractivity contribution in [2.45, 2.75) is 26.3 Å². The highest BCUT2D eigenvalue weighted by Gasteiger charge is 2.26. The lowest BCUT2D eigenvalue weighted by molar-refractivity contribution is 0.357. The first-order chi connectivity index (χ1) is 18.6. The van der Waals surface area contributed by atoms with Crippen LogP contribution in [0.2, 0.25) is 0 Å². The van der Waals surface area contributed by atoms with Crippen LogP contribution in [0.1, 0.15) is 31.0 Å². The Morgan fingerprint density at radius 3 is 2.59 bits per heavy atom. The van der Waals surface area contributed by atoms with E-state index in [0.717, 1.165) is 51.8 Å². The van der Waals surface area contributed by atoms with Gasteiger partial charge in [-0.2, -0.15) is 8.42 Å². The van der Waals surface area contributed by atoms with Crippen molar-refractivity contribution in [2.24, 2.45) is 5.92 Å². The molecule has 2 aromatic heterocycles. The topological polar surface area (TPSA) is 93.2 Å². The maximum atomic E-state index is 14.1. The molecule has 0 aliphatic carbocycles. The Hall–Kier alpha value is -4.13. The molecule has 9 heteroatoms. The van der Waals surface area contributed by atoms with E-state index in [1.807, 2.05) is 36.4 Å². The fourth-order valence-electron chi connectivity index (χ4n) is 5.50. The van der Waals surface area contributed by atoms with Crippen molar-refractivity contribution in [1.82, 2.24) is 14.9 Å². The molecule has 0 radical (unpaired) electrons. The molecule has 6 rings (SSSR count). The predicted octanol–water partition coefficient (Wildman–Crippen LogP) is 5.22. The third kappa shape index (κ3) is 4.46. The van der Waals surface area contributed by atoms with Gasteiger partial charge in [-0.1, -0.05) is 41.9 Å². The number of nitrogens with one attached hydrogen (secondary N) is 2. The molecular formula is C30H26FN3O4S. The molecule has 3 aromatic carbocycles. The summed E-state index contributed by atoms with van der Waals surface area (Å²) in [6, 6.07) is 16.0. The lowest BCUT2D eigenvalue weighted by Crippen LogP contribution is -2.44. The van der Waals surface area contributed by atoms with Gasteiger partial charge in [0.15, 0.2) is 5.43 Å². The minimum atomic E-state index is -5.17. The van der Waals surface area contributed by atoms with Crippen LogP contribution in [-0.2, 0) is 16.9 Å². The molecule has 0 saturated carbocycles. The van der Waals surface area contributed by atoms with E-state index >= 15 is 0 Å². The molecule has 0 bridgehead atoms. The minimum Gasteiger partial charge on any atom is -0.358 e. The lowest BCUT2D eigenvalue weighted by atomic mass is 9.91. The number of H-pyrrole nitrogens is 1. The SMILES string of the molecule is C#Cc1ccc2c(c1)[nH]c1c2c(=O)c2cc(CC(C)C)c(-c3cccc(OS(=O)(=O)F)c3)cc2n1C1CNC1. The summed E-state index contributed by atoms with van der Waals surface area (Å²) in [7, 11) is -5.17. The van der Waals surface area contributed by atoms with Gasteiger partial charge in [0.1, 0.15) is 11.4 Å². The Morgan fingerprint density at radius 1 is 1.13 bits per heavy atom. The van der Waals surface area contributed by atoms with E-state index in [1.165, 1.54) is 12.1 Å². The average molecular weight is 544 g/mol. The van der Waals surface area contributed by atoms with Crippen LogP contribution in [0.3, 0.4) is 0 Å². The highest BCUT2D eigenvalue weighted by Crippen LogP contribution is 2.36. The Morgan fingerprint density at radius 2 is 1.92 bits per heavy atom. The molecule has 3 heterocycles. The average Bonchev–Trinajstić information content (AvgIpc) is 3.22. The highest BCUT2D eigenvalue weighted by atomic mass is 32.3. The number of fused-ring (bicyclic) bond motifs is 4. The van der Waals surface area contributed by atoms with Crippen molar-refractivity contribution >= 4 is 43.3 Å². The number of terminal acetylenes is 1. The van der Waals surface area contributed by atoms with Crippen LogP contribution in [0.5, 0.6) is 5.75 Å². The van der Waals surface area contributed by atoms with Crippen LogP contribution in [0.15, 0.2) is 59.4 Å². The smallest absolute Gasteiger partial charge is 0.358 e. The van der Waals surface area contributed by atoms with Crippen LogP contribution in [0, 0.1) is 18.3 Å². The van der Waals surface area contributed by atoms with E-state index in [4.69, 9.17) is 6.42 Å². The largest absolute Gasteiger partial charge is 0.488 e. The molecule has 0 unspecified atom stereocenters. The fraction of sp³-hybridized carbons (Fsp3) is 0.233. The first kappa shape index (κ1) is 25.2. The monoisotopic (exact) mass is 543 g/mol. The molecule has 1 aliphatic heterocycles. The summed E-state index contributed by atoms with van der Waals surface area (Å²) in [5.41, 5.74) is 5.36. The van der Waals surface area contributed by atoms with Crippen LogP contribution in [-0.4, -0.2) is 31.1 Å². The predicted molar refractivity (Wildman–Crippen MR) is 152 cm³/mol. The van der Waals surface area contributed by atoms with Crippen LogP contribution < -0.4 is 14.9 Å². The molecule has 1 fully saturated rings. The van der Waals surface area contributed by atoms with Crippen molar-refractivity contribution in [3.05, 3.63) is 75.9 Å². The van der Waals surface area contributed by atoms with Crippen LogP contribution in [0.25, 0.3) is 44.0 Å². The number of nitrogens with zero attached hydrogens (tertiary/aromatic N) is 1. The van der Waals surface area contributed by atoms with Crippen LogP contribution in [0.4, 0.5) is 3.89 Å². The molecule has 39 heavy (non-hydrogen) atoms. The Bertz CT molecular complexity index is 2000. The van der Waals surface area contributed by atoms with Crippen molar-refractivity contribution in [3.8, 4) is 29.2 Å². The van der Waals surface area contributed by atoms with Crippen molar-refractivity contribution in [3.63, 3.8) is 0 Å². The lowest BCUT2D eigenvalue weighted by Gasteiger charge is -2.32. The van der Waals surface area contributed by atoms with Gasteiger partial charge in [-0.15, -0.1) is 6.42 Å². The minimum absolute atomic E-state index is 0.0691. The van der Waals surface area contributed by atoms with E-state index in [-0.39, 0.29) is 23.1 Å². The molecule has 7 nitrogen and oxygen atoms in total. The number of hydrogen-bond donors (Lipinski definition) is 2.